The summed E-state index contributed by atoms with van der Waals surface area (Å²) in [7, 11) is 0. The van der Waals surface area contributed by atoms with Gasteiger partial charge in [0.25, 0.3) is 0 Å². The monoisotopic (exact) mass is 329 g/mol. The van der Waals surface area contributed by atoms with Crippen molar-refractivity contribution in [2.75, 3.05) is 6.54 Å². The van der Waals surface area contributed by atoms with Crippen LogP contribution in [0.2, 0.25) is 0 Å². The first-order valence-corrected chi connectivity index (χ1v) is 10.9. The summed E-state index contributed by atoms with van der Waals surface area (Å²) in [5.74, 6) is 4.03. The average molecular weight is 330 g/mol. The van der Waals surface area contributed by atoms with E-state index >= 15 is 0 Å². The van der Waals surface area contributed by atoms with Crippen molar-refractivity contribution in [2.45, 2.75) is 91.5 Å². The van der Waals surface area contributed by atoms with E-state index in [-0.39, 0.29) is 0 Å². The maximum absolute atomic E-state index is 3.76. The van der Waals surface area contributed by atoms with Crippen molar-refractivity contribution >= 4 is 0 Å². The molecule has 4 saturated carbocycles. The van der Waals surface area contributed by atoms with Gasteiger partial charge < -0.3 is 5.32 Å². The van der Waals surface area contributed by atoms with Gasteiger partial charge in [-0.2, -0.15) is 0 Å². The zero-order valence-electron chi connectivity index (χ0n) is 16.5. The van der Waals surface area contributed by atoms with Crippen LogP contribution in [0.25, 0.3) is 0 Å². The highest BCUT2D eigenvalue weighted by Gasteiger charge is 2.58. The molecular weight excluding hydrogens is 290 g/mol. The summed E-state index contributed by atoms with van der Waals surface area (Å²) >= 11 is 0. The van der Waals surface area contributed by atoms with Crippen LogP contribution in [0.4, 0.5) is 0 Å². The minimum Gasteiger partial charge on any atom is -0.314 e. The third kappa shape index (κ3) is 2.37. The molecule has 0 saturated heterocycles. The average Bonchev–Trinajstić information content (AvgIpc) is 2.92. The van der Waals surface area contributed by atoms with Crippen molar-refractivity contribution in [3.8, 4) is 0 Å². The molecule has 0 aliphatic heterocycles. The Bertz CT molecular complexity index is 508. The SMILES string of the molecule is C/C=C1/CC[C@H]2[C@@H]3CCC4C[C@H](NCC)CC[C@]4(C)[C@H]3CC[C@]12C. The highest BCUT2D eigenvalue weighted by atomic mass is 14.9. The van der Waals surface area contributed by atoms with Gasteiger partial charge in [0.15, 0.2) is 0 Å². The van der Waals surface area contributed by atoms with Crippen LogP contribution in [0, 0.1) is 34.5 Å². The molecule has 1 nitrogen and oxygen atoms in total. The molecule has 4 aliphatic rings. The van der Waals surface area contributed by atoms with Crippen LogP contribution >= 0.6 is 0 Å². The largest absolute Gasteiger partial charge is 0.314 e. The van der Waals surface area contributed by atoms with Gasteiger partial charge in [0.2, 0.25) is 0 Å². The molecule has 7 atom stereocenters. The van der Waals surface area contributed by atoms with Crippen molar-refractivity contribution in [1.82, 2.24) is 5.32 Å². The summed E-state index contributed by atoms with van der Waals surface area (Å²) in [6, 6.07) is 0.805. The second-order valence-corrected chi connectivity index (χ2v) is 9.99. The van der Waals surface area contributed by atoms with Gasteiger partial charge in [-0.05, 0) is 106 Å². The molecule has 4 rings (SSSR count). The summed E-state index contributed by atoms with van der Waals surface area (Å²) in [6.45, 7) is 11.0. The first-order valence-electron chi connectivity index (χ1n) is 10.9. The van der Waals surface area contributed by atoms with Crippen molar-refractivity contribution in [3.63, 3.8) is 0 Å². The lowest BCUT2D eigenvalue weighted by Crippen LogP contribution is -2.54. The van der Waals surface area contributed by atoms with Crippen molar-refractivity contribution in [2.24, 2.45) is 34.5 Å². The van der Waals surface area contributed by atoms with Gasteiger partial charge >= 0.3 is 0 Å². The number of nitrogens with one attached hydrogen (secondary N) is 1. The van der Waals surface area contributed by atoms with E-state index in [0.29, 0.717) is 10.8 Å². The molecule has 0 spiro atoms. The Labute approximate surface area is 150 Å². The van der Waals surface area contributed by atoms with Gasteiger partial charge in [0.05, 0.1) is 0 Å². The first kappa shape index (κ1) is 17.1. The number of hydrogen-bond donors (Lipinski definition) is 1. The molecule has 1 heteroatoms. The standard InChI is InChI=1S/C23H39N/c1-5-16-8-10-20-19-9-7-17-15-18(24-6-2)11-13-23(17,4)21(19)12-14-22(16,20)3/h5,17-21,24H,6-15H2,1-4H3/b16-5-/t17?,18-,19+,20+,21+,22-,23+/m1/s1. The third-order valence-corrected chi connectivity index (χ3v) is 9.35. The highest BCUT2D eigenvalue weighted by Crippen LogP contribution is 2.67. The third-order valence-electron chi connectivity index (χ3n) is 9.35. The predicted molar refractivity (Wildman–Crippen MR) is 103 cm³/mol. The molecule has 4 aliphatic carbocycles. The Balaban J connectivity index is 1.56. The van der Waals surface area contributed by atoms with Gasteiger partial charge in [-0.1, -0.05) is 32.4 Å². The fourth-order valence-corrected chi connectivity index (χ4v) is 8.05. The molecule has 0 aromatic carbocycles. The molecule has 0 radical (unpaired) electrons. The van der Waals surface area contributed by atoms with E-state index < -0.39 is 0 Å². The molecule has 1 N–H and O–H groups in total. The van der Waals surface area contributed by atoms with Gasteiger partial charge in [0, 0.05) is 6.04 Å². The Kier molecular flexibility index (Phi) is 4.39. The van der Waals surface area contributed by atoms with Crippen LogP contribution in [0.5, 0.6) is 0 Å². The maximum Gasteiger partial charge on any atom is 0.00699 e. The number of fused-ring (bicyclic) bond motifs is 5. The second-order valence-electron chi connectivity index (χ2n) is 9.99. The second kappa shape index (κ2) is 6.15. The topological polar surface area (TPSA) is 12.0 Å². The van der Waals surface area contributed by atoms with E-state index in [4.69, 9.17) is 0 Å². The lowest BCUT2D eigenvalue weighted by Gasteiger charge is -2.60. The van der Waals surface area contributed by atoms with E-state index in [9.17, 15) is 0 Å². The fourth-order valence-electron chi connectivity index (χ4n) is 8.05. The highest BCUT2D eigenvalue weighted by molar-refractivity contribution is 5.23. The molecule has 24 heavy (non-hydrogen) atoms. The molecule has 0 amide bonds. The van der Waals surface area contributed by atoms with Gasteiger partial charge in [-0.3, -0.25) is 0 Å². The molecule has 0 bridgehead atoms. The quantitative estimate of drug-likeness (QED) is 0.617. The van der Waals surface area contributed by atoms with Crippen LogP contribution < -0.4 is 5.32 Å². The fraction of sp³-hybridized carbons (Fsp3) is 0.913. The molecule has 0 aromatic rings. The summed E-state index contributed by atoms with van der Waals surface area (Å²) < 4.78 is 0. The van der Waals surface area contributed by atoms with Gasteiger partial charge in [-0.15, -0.1) is 0 Å². The van der Waals surface area contributed by atoms with Gasteiger partial charge in [-0.25, -0.2) is 0 Å². The van der Waals surface area contributed by atoms with E-state index in [1.54, 1.807) is 5.57 Å². The van der Waals surface area contributed by atoms with Crippen molar-refractivity contribution in [1.29, 1.82) is 0 Å². The Morgan fingerprint density at radius 1 is 1.04 bits per heavy atom. The van der Waals surface area contributed by atoms with Crippen molar-refractivity contribution in [3.05, 3.63) is 11.6 Å². The Hall–Kier alpha value is -0.300. The first-order chi connectivity index (χ1) is 11.5. The predicted octanol–water partition coefficient (Wildman–Crippen LogP) is 5.95. The van der Waals surface area contributed by atoms with Crippen molar-refractivity contribution < 1.29 is 0 Å². The van der Waals surface area contributed by atoms with E-state index in [1.807, 2.05) is 0 Å². The van der Waals surface area contributed by atoms with Crippen LogP contribution in [0.1, 0.15) is 85.5 Å². The molecule has 0 heterocycles. The van der Waals surface area contributed by atoms with E-state index in [0.717, 1.165) is 36.3 Å². The van der Waals surface area contributed by atoms with Crippen LogP contribution in [-0.4, -0.2) is 12.6 Å². The molecule has 1 unspecified atom stereocenters. The molecular formula is C23H39N. The molecule has 4 fully saturated rings. The normalized spacial score (nSPS) is 52.7. The van der Waals surface area contributed by atoms with E-state index in [1.165, 1.54) is 57.8 Å². The van der Waals surface area contributed by atoms with Crippen LogP contribution in [0.3, 0.4) is 0 Å². The smallest absolute Gasteiger partial charge is 0.00699 e. The summed E-state index contributed by atoms with van der Waals surface area (Å²) in [5, 5.41) is 3.76. The Morgan fingerprint density at radius 2 is 1.88 bits per heavy atom. The van der Waals surface area contributed by atoms with Crippen LogP contribution in [0.15, 0.2) is 11.6 Å². The summed E-state index contributed by atoms with van der Waals surface area (Å²) in [5.41, 5.74) is 3.00. The lowest BCUT2D eigenvalue weighted by atomic mass is 9.45. The minimum atomic E-state index is 0.556. The molecule has 136 valence electrons. The summed E-state index contributed by atoms with van der Waals surface area (Å²) in [4.78, 5) is 0. The number of rotatable bonds is 2. The molecule has 0 aromatic heterocycles. The summed E-state index contributed by atoms with van der Waals surface area (Å²) in [6.07, 6.45) is 15.7. The van der Waals surface area contributed by atoms with E-state index in [2.05, 4.69) is 39.1 Å². The lowest BCUT2D eigenvalue weighted by molar-refractivity contribution is -0.102. The maximum atomic E-state index is 3.76. The minimum absolute atomic E-state index is 0.556. The van der Waals surface area contributed by atoms with Crippen LogP contribution in [-0.2, 0) is 0 Å². The zero-order valence-corrected chi connectivity index (χ0v) is 16.5. The number of allylic oxidation sites excluding steroid dienone is 2. The Morgan fingerprint density at radius 3 is 2.62 bits per heavy atom. The zero-order chi connectivity index (χ0) is 16.9. The number of hydrogen-bond acceptors (Lipinski definition) is 1. The van der Waals surface area contributed by atoms with Gasteiger partial charge in [0.1, 0.15) is 0 Å².